The van der Waals surface area contributed by atoms with Crippen molar-refractivity contribution in [3.63, 3.8) is 0 Å². The molecule has 2 aromatic carbocycles. The van der Waals surface area contributed by atoms with Crippen LogP contribution in [0.25, 0.3) is 10.2 Å². The number of para-hydroxylation sites is 1. The number of primary amides is 1. The predicted octanol–water partition coefficient (Wildman–Crippen LogP) is 3.56. The number of thiazole rings is 1. The van der Waals surface area contributed by atoms with Gasteiger partial charge in [0, 0.05) is 31.0 Å². The van der Waals surface area contributed by atoms with E-state index in [9.17, 15) is 9.59 Å². The molecule has 156 valence electrons. The van der Waals surface area contributed by atoms with Gasteiger partial charge in [0.2, 0.25) is 11.8 Å². The van der Waals surface area contributed by atoms with Gasteiger partial charge in [-0.25, -0.2) is 4.98 Å². The first-order valence-electron chi connectivity index (χ1n) is 10.3. The van der Waals surface area contributed by atoms with E-state index in [1.54, 1.807) is 11.3 Å². The maximum Gasteiger partial charge on any atom is 0.224 e. The molecule has 2 amide bonds. The Kier molecular flexibility index (Phi) is 6.40. The van der Waals surface area contributed by atoms with Crippen LogP contribution in [-0.4, -0.2) is 34.8 Å². The Morgan fingerprint density at radius 1 is 1.13 bits per heavy atom. The molecule has 1 saturated heterocycles. The number of fused-ring (bicyclic) bond motifs is 1. The van der Waals surface area contributed by atoms with Gasteiger partial charge in [-0.15, -0.1) is 11.3 Å². The van der Waals surface area contributed by atoms with Crippen LogP contribution in [0.3, 0.4) is 0 Å². The first-order valence-corrected chi connectivity index (χ1v) is 11.1. The van der Waals surface area contributed by atoms with Crippen molar-refractivity contribution in [2.75, 3.05) is 18.4 Å². The second kappa shape index (κ2) is 9.36. The van der Waals surface area contributed by atoms with Crippen molar-refractivity contribution in [1.29, 1.82) is 0 Å². The lowest BCUT2D eigenvalue weighted by molar-refractivity contribution is -0.123. The molecule has 0 atom stereocenters. The SMILES string of the molecule is NC(=O)C1CCN(Cc2cccc(NC(=O)CCc3nc4ccccc4s3)c2)CC1. The number of nitrogens with one attached hydrogen (secondary N) is 1. The van der Waals surface area contributed by atoms with Crippen molar-refractivity contribution in [3.8, 4) is 0 Å². The maximum atomic E-state index is 12.4. The third kappa shape index (κ3) is 5.23. The highest BCUT2D eigenvalue weighted by Crippen LogP contribution is 2.23. The molecule has 0 bridgehead atoms. The van der Waals surface area contributed by atoms with E-state index in [2.05, 4.69) is 27.3 Å². The van der Waals surface area contributed by atoms with Gasteiger partial charge in [-0.2, -0.15) is 0 Å². The molecule has 1 aromatic heterocycles. The van der Waals surface area contributed by atoms with Crippen molar-refractivity contribution in [2.24, 2.45) is 11.7 Å². The lowest BCUT2D eigenvalue weighted by Gasteiger charge is -2.30. The second-order valence-corrected chi connectivity index (χ2v) is 8.89. The normalized spacial score (nSPS) is 15.3. The molecule has 0 aliphatic carbocycles. The van der Waals surface area contributed by atoms with Crippen LogP contribution in [0.5, 0.6) is 0 Å². The lowest BCUT2D eigenvalue weighted by atomic mass is 9.96. The number of aryl methyl sites for hydroxylation is 1. The van der Waals surface area contributed by atoms with E-state index in [4.69, 9.17) is 5.73 Å². The highest BCUT2D eigenvalue weighted by molar-refractivity contribution is 7.18. The molecule has 6 nitrogen and oxygen atoms in total. The van der Waals surface area contributed by atoms with Gasteiger partial charge < -0.3 is 11.1 Å². The van der Waals surface area contributed by atoms with Gasteiger partial charge >= 0.3 is 0 Å². The quantitative estimate of drug-likeness (QED) is 0.609. The Morgan fingerprint density at radius 3 is 2.70 bits per heavy atom. The Labute approximate surface area is 180 Å². The van der Waals surface area contributed by atoms with E-state index in [0.717, 1.165) is 59.0 Å². The standard InChI is InChI=1S/C23H26N4O2S/c24-23(29)17-10-12-27(13-11-17)15-16-4-3-5-18(14-16)25-21(28)8-9-22-26-19-6-1-2-7-20(19)30-22/h1-7,14,17H,8-13,15H2,(H2,24,29)(H,25,28). The fourth-order valence-corrected chi connectivity index (χ4v) is 4.82. The number of hydrogen-bond donors (Lipinski definition) is 2. The number of benzene rings is 2. The van der Waals surface area contributed by atoms with E-state index in [1.165, 1.54) is 0 Å². The van der Waals surface area contributed by atoms with Crippen LogP contribution >= 0.6 is 11.3 Å². The summed E-state index contributed by atoms with van der Waals surface area (Å²) >= 11 is 1.64. The number of carbonyl (C=O) groups is 2. The minimum atomic E-state index is -0.190. The van der Waals surface area contributed by atoms with Gasteiger partial charge in [-0.05, 0) is 55.8 Å². The van der Waals surface area contributed by atoms with E-state index >= 15 is 0 Å². The van der Waals surface area contributed by atoms with Gasteiger partial charge in [0.25, 0.3) is 0 Å². The van der Waals surface area contributed by atoms with Gasteiger partial charge in [0.05, 0.1) is 15.2 Å². The number of piperidine rings is 1. The minimum absolute atomic E-state index is 0.00213. The molecule has 0 saturated carbocycles. The third-order valence-electron chi connectivity index (χ3n) is 5.51. The number of aromatic nitrogens is 1. The third-order valence-corrected chi connectivity index (χ3v) is 6.61. The summed E-state index contributed by atoms with van der Waals surface area (Å²) in [7, 11) is 0. The van der Waals surface area contributed by atoms with E-state index in [-0.39, 0.29) is 17.7 Å². The maximum absolute atomic E-state index is 12.4. The summed E-state index contributed by atoms with van der Waals surface area (Å²) in [5.74, 6) is -0.193. The Hall–Kier alpha value is -2.77. The molecule has 0 spiro atoms. The number of nitrogens with zero attached hydrogens (tertiary/aromatic N) is 2. The van der Waals surface area contributed by atoms with Gasteiger partial charge in [0.15, 0.2) is 0 Å². The second-order valence-electron chi connectivity index (χ2n) is 7.78. The monoisotopic (exact) mass is 422 g/mol. The summed E-state index contributed by atoms with van der Waals surface area (Å²) in [6.07, 6.45) is 2.68. The zero-order valence-corrected chi connectivity index (χ0v) is 17.7. The van der Waals surface area contributed by atoms with Crippen LogP contribution < -0.4 is 11.1 Å². The van der Waals surface area contributed by atoms with Crippen molar-refractivity contribution in [1.82, 2.24) is 9.88 Å². The van der Waals surface area contributed by atoms with Crippen LogP contribution in [0.1, 0.15) is 29.8 Å². The molecule has 3 aromatic rings. The van der Waals surface area contributed by atoms with Crippen LogP contribution in [0.4, 0.5) is 5.69 Å². The molecule has 1 aliphatic heterocycles. The number of hydrogen-bond acceptors (Lipinski definition) is 5. The fraction of sp³-hybridized carbons (Fsp3) is 0.348. The molecule has 1 aliphatic rings. The zero-order valence-electron chi connectivity index (χ0n) is 16.8. The summed E-state index contributed by atoms with van der Waals surface area (Å²) < 4.78 is 1.15. The van der Waals surface area contributed by atoms with Crippen molar-refractivity contribution in [2.45, 2.75) is 32.2 Å². The first kappa shape index (κ1) is 20.5. The topological polar surface area (TPSA) is 88.3 Å². The fourth-order valence-electron chi connectivity index (χ4n) is 3.85. The molecule has 4 rings (SSSR count). The number of likely N-dealkylation sites (tertiary alicyclic amines) is 1. The summed E-state index contributed by atoms with van der Waals surface area (Å²) in [5, 5.41) is 3.99. The lowest BCUT2D eigenvalue weighted by Crippen LogP contribution is -2.38. The number of nitrogens with two attached hydrogens (primary N) is 1. The van der Waals surface area contributed by atoms with E-state index < -0.39 is 0 Å². The molecule has 30 heavy (non-hydrogen) atoms. The van der Waals surface area contributed by atoms with Crippen molar-refractivity contribution in [3.05, 3.63) is 59.1 Å². The van der Waals surface area contributed by atoms with Crippen LogP contribution in [0.15, 0.2) is 48.5 Å². The Morgan fingerprint density at radius 2 is 1.93 bits per heavy atom. The summed E-state index contributed by atoms with van der Waals surface area (Å²) in [6, 6.07) is 16.0. The molecule has 2 heterocycles. The number of amides is 2. The number of rotatable bonds is 7. The predicted molar refractivity (Wildman–Crippen MR) is 120 cm³/mol. The molecule has 1 fully saturated rings. The van der Waals surface area contributed by atoms with Gasteiger partial charge in [0.1, 0.15) is 0 Å². The molecule has 0 radical (unpaired) electrons. The smallest absolute Gasteiger partial charge is 0.224 e. The summed E-state index contributed by atoms with van der Waals surface area (Å²) in [6.45, 7) is 2.54. The van der Waals surface area contributed by atoms with Gasteiger partial charge in [-0.1, -0.05) is 24.3 Å². The van der Waals surface area contributed by atoms with E-state index in [0.29, 0.717) is 12.8 Å². The molecular formula is C23H26N4O2S. The highest BCUT2D eigenvalue weighted by atomic mass is 32.1. The number of carbonyl (C=O) groups excluding carboxylic acids is 2. The van der Waals surface area contributed by atoms with E-state index in [1.807, 2.05) is 36.4 Å². The van der Waals surface area contributed by atoms with Crippen molar-refractivity contribution >= 4 is 39.1 Å². The Balaban J connectivity index is 1.28. The molecular weight excluding hydrogens is 396 g/mol. The number of anilines is 1. The van der Waals surface area contributed by atoms with Crippen molar-refractivity contribution < 1.29 is 9.59 Å². The first-order chi connectivity index (χ1) is 14.6. The summed E-state index contributed by atoms with van der Waals surface area (Å²) in [4.78, 5) is 30.6. The molecule has 7 heteroatoms. The minimum Gasteiger partial charge on any atom is -0.369 e. The highest BCUT2D eigenvalue weighted by Gasteiger charge is 2.23. The largest absolute Gasteiger partial charge is 0.369 e. The Bertz CT molecular complexity index is 1010. The average molecular weight is 423 g/mol. The summed E-state index contributed by atoms with van der Waals surface area (Å²) in [5.41, 5.74) is 8.37. The molecule has 0 unspecified atom stereocenters. The van der Waals surface area contributed by atoms with Crippen LogP contribution in [-0.2, 0) is 22.6 Å². The average Bonchev–Trinajstić information content (AvgIpc) is 3.16. The van der Waals surface area contributed by atoms with Crippen LogP contribution in [0, 0.1) is 5.92 Å². The van der Waals surface area contributed by atoms with Crippen LogP contribution in [0.2, 0.25) is 0 Å². The molecule has 3 N–H and O–H groups in total. The zero-order chi connectivity index (χ0) is 20.9. The van der Waals surface area contributed by atoms with Gasteiger partial charge in [-0.3, -0.25) is 14.5 Å².